The average Bonchev–Trinajstić information content (AvgIpc) is 3.19. The molecule has 2 N–H and O–H groups in total. The van der Waals surface area contributed by atoms with E-state index in [1.807, 2.05) is 52.7 Å². The fraction of sp³-hybridized carbons (Fsp3) is 0.263. The van der Waals surface area contributed by atoms with Crippen LogP contribution in [-0.2, 0) is 27.3 Å². The van der Waals surface area contributed by atoms with Gasteiger partial charge in [0.05, 0.1) is 6.42 Å². The predicted octanol–water partition coefficient (Wildman–Crippen LogP) is 1.02. The molecule has 1 unspecified atom stereocenters. The molecule has 0 saturated carbocycles. The van der Waals surface area contributed by atoms with Crippen LogP contribution < -0.4 is 9.88 Å². The molecule has 0 radical (unpaired) electrons. The molecule has 0 aromatic carbocycles. The van der Waals surface area contributed by atoms with Crippen molar-refractivity contribution in [3.8, 4) is 0 Å². The quantitative estimate of drug-likeness (QED) is 0.542. The predicted molar refractivity (Wildman–Crippen MR) is 104 cm³/mol. The maximum atomic E-state index is 12.6. The molecular weight excluding hydrogens is 398 g/mol. The summed E-state index contributed by atoms with van der Waals surface area (Å²) in [5.74, 6) is -1.22. The fourth-order valence-electron chi connectivity index (χ4n) is 3.36. The van der Waals surface area contributed by atoms with E-state index in [1.165, 1.54) is 28.0 Å². The molecule has 2 amide bonds. The molecule has 4 heterocycles. The second kappa shape index (κ2) is 7.76. The first kappa shape index (κ1) is 18.7. The zero-order chi connectivity index (χ0) is 19.7. The topological polar surface area (TPSA) is 90.6 Å². The number of nitrogens with one attached hydrogen (secondary N) is 1. The Balaban J connectivity index is 1.49. The minimum Gasteiger partial charge on any atom is -0.477 e. The number of carbonyl (C=O) groups excluding carboxylic acids is 2. The number of carbonyl (C=O) groups is 3. The summed E-state index contributed by atoms with van der Waals surface area (Å²) in [6.07, 6.45) is 3.93. The number of pyridine rings is 1. The molecule has 2 aromatic heterocycles. The largest absolute Gasteiger partial charge is 0.477 e. The standard InChI is InChI=1S/C19H17N3O4S2/c23-14(9-13-5-4-8-27-13)20-15-17(24)22-16(19(25)26)12(11-28-18(15)22)10-21-6-2-1-3-7-21/h1-8,15,18H,9-11H2,(H-,20,23,25,26)/p+1/t15?,18-/m1/s1. The van der Waals surface area contributed by atoms with Gasteiger partial charge in [-0.05, 0) is 11.4 Å². The van der Waals surface area contributed by atoms with Gasteiger partial charge in [-0.15, -0.1) is 23.1 Å². The molecule has 28 heavy (non-hydrogen) atoms. The van der Waals surface area contributed by atoms with Crippen molar-refractivity contribution in [1.82, 2.24) is 10.2 Å². The summed E-state index contributed by atoms with van der Waals surface area (Å²) >= 11 is 2.97. The summed E-state index contributed by atoms with van der Waals surface area (Å²) in [6, 6.07) is 8.68. The second-order valence-corrected chi connectivity index (χ2v) is 8.65. The number of rotatable bonds is 6. The Morgan fingerprint density at radius 3 is 2.71 bits per heavy atom. The van der Waals surface area contributed by atoms with Crippen molar-refractivity contribution in [1.29, 1.82) is 0 Å². The van der Waals surface area contributed by atoms with Crippen molar-refractivity contribution in [3.63, 3.8) is 0 Å². The van der Waals surface area contributed by atoms with Gasteiger partial charge in [0.25, 0.3) is 5.91 Å². The minimum atomic E-state index is -1.12. The first-order valence-corrected chi connectivity index (χ1v) is 10.6. The maximum absolute atomic E-state index is 12.6. The van der Waals surface area contributed by atoms with E-state index in [-0.39, 0.29) is 29.3 Å². The summed E-state index contributed by atoms with van der Waals surface area (Å²) < 4.78 is 1.88. The molecule has 0 bridgehead atoms. The fourth-order valence-corrected chi connectivity index (χ4v) is 5.40. The lowest BCUT2D eigenvalue weighted by atomic mass is 10.0. The van der Waals surface area contributed by atoms with Gasteiger partial charge in [0, 0.05) is 28.3 Å². The van der Waals surface area contributed by atoms with Crippen molar-refractivity contribution >= 4 is 40.9 Å². The van der Waals surface area contributed by atoms with Crippen LogP contribution in [-0.4, -0.2) is 45.0 Å². The van der Waals surface area contributed by atoms with Gasteiger partial charge in [-0.1, -0.05) is 12.1 Å². The Morgan fingerprint density at radius 2 is 2.04 bits per heavy atom. The van der Waals surface area contributed by atoms with Crippen LogP contribution >= 0.6 is 23.1 Å². The Kier molecular flexibility index (Phi) is 5.19. The first-order valence-electron chi connectivity index (χ1n) is 8.70. The summed E-state index contributed by atoms with van der Waals surface area (Å²) in [6.45, 7) is 0.404. The zero-order valence-electron chi connectivity index (χ0n) is 14.8. The number of fused-ring (bicyclic) bond motifs is 1. The highest BCUT2D eigenvalue weighted by atomic mass is 32.2. The van der Waals surface area contributed by atoms with Crippen molar-refractivity contribution in [2.75, 3.05) is 5.75 Å². The normalized spacial score (nSPS) is 21.1. The minimum absolute atomic E-state index is 0.0360. The van der Waals surface area contributed by atoms with E-state index in [1.54, 1.807) is 0 Å². The summed E-state index contributed by atoms with van der Waals surface area (Å²) in [4.78, 5) is 39.0. The number of thiophene rings is 1. The van der Waals surface area contributed by atoms with Gasteiger partial charge in [0.15, 0.2) is 18.9 Å². The van der Waals surface area contributed by atoms with Gasteiger partial charge < -0.3 is 10.4 Å². The van der Waals surface area contributed by atoms with Crippen LogP contribution in [0, 0.1) is 0 Å². The SMILES string of the molecule is O=C(Cc1cccs1)NC1C(=O)N2C(C(=O)O)=C(C[n+]3ccccc3)CS[C@H]12. The highest BCUT2D eigenvalue weighted by molar-refractivity contribution is 8.00. The number of β-lactam (4-membered cyclic amide) rings is 1. The van der Waals surface area contributed by atoms with E-state index in [2.05, 4.69) is 5.32 Å². The van der Waals surface area contributed by atoms with Crippen molar-refractivity contribution < 1.29 is 24.1 Å². The molecule has 1 fully saturated rings. The Bertz CT molecular complexity index is 943. The molecule has 0 spiro atoms. The van der Waals surface area contributed by atoms with Crippen molar-refractivity contribution in [3.05, 3.63) is 64.3 Å². The number of hydrogen-bond acceptors (Lipinski definition) is 5. The first-order chi connectivity index (χ1) is 13.5. The number of carboxylic acids is 1. The third-order valence-corrected chi connectivity index (χ3v) is 6.85. The number of nitrogens with zero attached hydrogens (tertiary/aromatic N) is 2. The maximum Gasteiger partial charge on any atom is 0.352 e. The molecule has 0 aliphatic carbocycles. The van der Waals surface area contributed by atoms with Crippen LogP contribution in [0.15, 0.2) is 59.4 Å². The van der Waals surface area contributed by atoms with Crippen LogP contribution in [0.3, 0.4) is 0 Å². The monoisotopic (exact) mass is 416 g/mol. The molecular formula is C19H18N3O4S2+. The van der Waals surface area contributed by atoms with Crippen LogP contribution in [0.2, 0.25) is 0 Å². The molecule has 4 rings (SSSR count). The van der Waals surface area contributed by atoms with Gasteiger partial charge in [0.1, 0.15) is 17.1 Å². The lowest BCUT2D eigenvalue weighted by Crippen LogP contribution is -2.70. The number of thioether (sulfide) groups is 1. The van der Waals surface area contributed by atoms with E-state index < -0.39 is 12.0 Å². The molecule has 2 atom stereocenters. The zero-order valence-corrected chi connectivity index (χ0v) is 16.4. The summed E-state index contributed by atoms with van der Waals surface area (Å²) in [7, 11) is 0. The average molecular weight is 417 g/mol. The van der Waals surface area contributed by atoms with Gasteiger partial charge in [-0.2, -0.15) is 0 Å². The van der Waals surface area contributed by atoms with Crippen molar-refractivity contribution in [2.45, 2.75) is 24.4 Å². The van der Waals surface area contributed by atoms with E-state index in [9.17, 15) is 19.5 Å². The summed E-state index contributed by atoms with van der Waals surface area (Å²) in [5, 5.41) is 14.0. The molecule has 2 aliphatic heterocycles. The molecule has 144 valence electrons. The third kappa shape index (κ3) is 3.55. The lowest BCUT2D eigenvalue weighted by molar-refractivity contribution is -0.689. The van der Waals surface area contributed by atoms with Crippen LogP contribution in [0.1, 0.15) is 4.88 Å². The smallest absolute Gasteiger partial charge is 0.352 e. The molecule has 9 heteroatoms. The molecule has 7 nitrogen and oxygen atoms in total. The highest BCUT2D eigenvalue weighted by Crippen LogP contribution is 2.40. The number of aliphatic carboxylic acids is 1. The van der Waals surface area contributed by atoms with E-state index in [4.69, 9.17) is 0 Å². The van der Waals surface area contributed by atoms with Gasteiger partial charge >= 0.3 is 5.97 Å². The molecule has 2 aliphatic rings. The Morgan fingerprint density at radius 1 is 1.25 bits per heavy atom. The van der Waals surface area contributed by atoms with Crippen LogP contribution in [0.4, 0.5) is 0 Å². The van der Waals surface area contributed by atoms with E-state index in [0.717, 1.165) is 4.88 Å². The van der Waals surface area contributed by atoms with E-state index in [0.29, 0.717) is 17.9 Å². The van der Waals surface area contributed by atoms with Crippen LogP contribution in [0.5, 0.6) is 0 Å². The lowest BCUT2D eigenvalue weighted by Gasteiger charge is -2.49. The van der Waals surface area contributed by atoms with Crippen LogP contribution in [0.25, 0.3) is 0 Å². The summed E-state index contributed by atoms with van der Waals surface area (Å²) in [5.41, 5.74) is 0.718. The van der Waals surface area contributed by atoms with Crippen molar-refractivity contribution in [2.24, 2.45) is 0 Å². The number of amides is 2. The number of carboxylic acid groups (broad SMARTS) is 1. The van der Waals surface area contributed by atoms with E-state index >= 15 is 0 Å². The third-order valence-electron chi connectivity index (χ3n) is 4.63. The Hall–Kier alpha value is -2.65. The number of hydrogen-bond donors (Lipinski definition) is 2. The van der Waals surface area contributed by atoms with Gasteiger partial charge in [0.2, 0.25) is 5.91 Å². The second-order valence-electron chi connectivity index (χ2n) is 6.52. The van der Waals surface area contributed by atoms with Gasteiger partial charge in [-0.3, -0.25) is 14.5 Å². The highest BCUT2D eigenvalue weighted by Gasteiger charge is 2.54. The van der Waals surface area contributed by atoms with Gasteiger partial charge in [-0.25, -0.2) is 9.36 Å². The molecule has 2 aromatic rings. The molecule has 1 saturated heterocycles. The number of aromatic nitrogens is 1. The Labute approximate surface area is 169 Å².